The summed E-state index contributed by atoms with van der Waals surface area (Å²) in [6.45, 7) is 1.11. The van der Waals surface area contributed by atoms with E-state index in [-0.39, 0.29) is 5.56 Å². The van der Waals surface area contributed by atoms with E-state index in [0.717, 1.165) is 4.47 Å². The third-order valence-electron chi connectivity index (χ3n) is 2.43. The van der Waals surface area contributed by atoms with Crippen LogP contribution in [0.25, 0.3) is 10.9 Å². The number of nitrogens with zero attached hydrogens (tertiary/aromatic N) is 2. The summed E-state index contributed by atoms with van der Waals surface area (Å²) in [6, 6.07) is 5.88. The van der Waals surface area contributed by atoms with Crippen LogP contribution in [0.5, 0.6) is 6.01 Å². The van der Waals surface area contributed by atoms with E-state index in [2.05, 4.69) is 20.9 Å². The topological polar surface area (TPSA) is 44.1 Å². The van der Waals surface area contributed by atoms with Gasteiger partial charge in [-0.25, -0.2) is 0 Å². The summed E-state index contributed by atoms with van der Waals surface area (Å²) in [5.74, 6) is 0. The van der Waals surface area contributed by atoms with Gasteiger partial charge >= 0.3 is 0 Å². The molecular formula is C10H7BrN2O2. The van der Waals surface area contributed by atoms with Crippen LogP contribution < -0.4 is 10.3 Å². The summed E-state index contributed by atoms with van der Waals surface area (Å²) >= 11 is 3.34. The summed E-state index contributed by atoms with van der Waals surface area (Å²) in [6.07, 6.45) is 0. The van der Waals surface area contributed by atoms with Crippen molar-refractivity contribution in [3.63, 3.8) is 0 Å². The average molecular weight is 267 g/mol. The Morgan fingerprint density at radius 3 is 3.20 bits per heavy atom. The Balaban J connectivity index is 2.47. The number of rotatable bonds is 0. The van der Waals surface area contributed by atoms with Crippen LogP contribution in [0.15, 0.2) is 27.5 Å². The summed E-state index contributed by atoms with van der Waals surface area (Å²) < 4.78 is 7.70. The van der Waals surface area contributed by atoms with E-state index in [9.17, 15) is 4.79 Å². The molecule has 0 saturated heterocycles. The van der Waals surface area contributed by atoms with Gasteiger partial charge in [-0.1, -0.05) is 15.9 Å². The molecule has 5 heteroatoms. The summed E-state index contributed by atoms with van der Waals surface area (Å²) in [4.78, 5) is 16.3. The van der Waals surface area contributed by atoms with Crippen molar-refractivity contribution in [1.82, 2.24) is 9.55 Å². The van der Waals surface area contributed by atoms with E-state index in [1.807, 2.05) is 12.1 Å². The molecule has 1 aromatic carbocycles. The first-order valence-corrected chi connectivity index (χ1v) is 5.38. The van der Waals surface area contributed by atoms with Crippen LogP contribution in [0.3, 0.4) is 0 Å². The van der Waals surface area contributed by atoms with Gasteiger partial charge in [0.25, 0.3) is 11.6 Å². The molecule has 15 heavy (non-hydrogen) atoms. The minimum absolute atomic E-state index is 0.0335. The first-order valence-electron chi connectivity index (χ1n) is 4.58. The third-order valence-corrected chi connectivity index (χ3v) is 2.92. The molecule has 1 aliphatic rings. The minimum atomic E-state index is -0.0335. The van der Waals surface area contributed by atoms with Crippen molar-refractivity contribution >= 4 is 26.8 Å². The van der Waals surface area contributed by atoms with Crippen molar-refractivity contribution < 1.29 is 4.74 Å². The molecule has 2 heterocycles. The van der Waals surface area contributed by atoms with E-state index in [1.165, 1.54) is 0 Å². The number of aromatic nitrogens is 2. The highest BCUT2D eigenvalue weighted by Crippen LogP contribution is 2.19. The van der Waals surface area contributed by atoms with Gasteiger partial charge in [-0.3, -0.25) is 9.36 Å². The Hall–Kier alpha value is -1.36. The maximum atomic E-state index is 12.0. The van der Waals surface area contributed by atoms with Crippen molar-refractivity contribution in [1.29, 1.82) is 0 Å². The summed E-state index contributed by atoms with van der Waals surface area (Å²) in [7, 11) is 0. The lowest BCUT2D eigenvalue weighted by atomic mass is 10.2. The van der Waals surface area contributed by atoms with Gasteiger partial charge in [-0.2, -0.15) is 4.98 Å². The van der Waals surface area contributed by atoms with Crippen LogP contribution in [0, 0.1) is 0 Å². The van der Waals surface area contributed by atoms with Crippen LogP contribution in [-0.4, -0.2) is 16.2 Å². The molecule has 0 spiro atoms. The molecule has 0 N–H and O–H groups in total. The Bertz CT molecular complexity index is 606. The highest BCUT2D eigenvalue weighted by molar-refractivity contribution is 9.10. The monoisotopic (exact) mass is 266 g/mol. The Kier molecular flexibility index (Phi) is 1.82. The molecule has 0 amide bonds. The normalized spacial score (nSPS) is 13.9. The van der Waals surface area contributed by atoms with Crippen molar-refractivity contribution in [2.24, 2.45) is 0 Å². The first kappa shape index (κ1) is 8.91. The number of ether oxygens (including phenoxy) is 1. The fourth-order valence-electron chi connectivity index (χ4n) is 1.71. The van der Waals surface area contributed by atoms with E-state index < -0.39 is 0 Å². The zero-order chi connectivity index (χ0) is 10.4. The lowest BCUT2D eigenvalue weighted by molar-refractivity contribution is 0.345. The molecule has 1 aromatic heterocycles. The second kappa shape index (κ2) is 3.06. The second-order valence-corrected chi connectivity index (χ2v) is 4.28. The fraction of sp³-hybridized carbons (Fsp3) is 0.200. The first-order chi connectivity index (χ1) is 7.25. The predicted octanol–water partition coefficient (Wildman–Crippen LogP) is 1.55. The minimum Gasteiger partial charge on any atom is -0.463 e. The van der Waals surface area contributed by atoms with Crippen molar-refractivity contribution in [3.05, 3.63) is 33.0 Å². The number of hydrogen-bond donors (Lipinski definition) is 0. The largest absolute Gasteiger partial charge is 0.463 e. The standard InChI is InChI=1S/C10H7BrN2O2/c11-6-1-2-8-7(5-6)9(14)13-3-4-15-10(13)12-8/h1-2,5H,3-4H2. The Labute approximate surface area is 93.6 Å². The van der Waals surface area contributed by atoms with Gasteiger partial charge in [0.1, 0.15) is 6.61 Å². The van der Waals surface area contributed by atoms with Gasteiger partial charge in [-0.15, -0.1) is 0 Å². The predicted molar refractivity (Wildman–Crippen MR) is 59.2 cm³/mol. The molecule has 1 aliphatic heterocycles. The number of fused-ring (bicyclic) bond motifs is 2. The average Bonchev–Trinajstić information content (AvgIpc) is 2.68. The lowest BCUT2D eigenvalue weighted by Crippen LogP contribution is -2.18. The van der Waals surface area contributed by atoms with Crippen LogP contribution in [0.1, 0.15) is 0 Å². The molecular weight excluding hydrogens is 260 g/mol. The molecule has 3 rings (SSSR count). The van der Waals surface area contributed by atoms with Gasteiger partial charge < -0.3 is 4.74 Å². The van der Waals surface area contributed by atoms with Crippen molar-refractivity contribution in [2.75, 3.05) is 6.61 Å². The van der Waals surface area contributed by atoms with E-state index in [4.69, 9.17) is 4.74 Å². The zero-order valence-electron chi connectivity index (χ0n) is 7.74. The van der Waals surface area contributed by atoms with Gasteiger partial charge in [0.15, 0.2) is 0 Å². The molecule has 2 aromatic rings. The van der Waals surface area contributed by atoms with Crippen LogP contribution >= 0.6 is 15.9 Å². The van der Waals surface area contributed by atoms with Gasteiger partial charge in [0.05, 0.1) is 17.4 Å². The highest BCUT2D eigenvalue weighted by Gasteiger charge is 2.16. The smallest absolute Gasteiger partial charge is 0.299 e. The van der Waals surface area contributed by atoms with Crippen LogP contribution in [-0.2, 0) is 6.54 Å². The molecule has 0 radical (unpaired) electrons. The molecule has 0 saturated carbocycles. The van der Waals surface area contributed by atoms with Crippen molar-refractivity contribution in [2.45, 2.75) is 6.54 Å². The Morgan fingerprint density at radius 1 is 1.47 bits per heavy atom. The molecule has 0 aliphatic carbocycles. The van der Waals surface area contributed by atoms with Crippen LogP contribution in [0.2, 0.25) is 0 Å². The maximum Gasteiger partial charge on any atom is 0.299 e. The number of benzene rings is 1. The quantitative estimate of drug-likeness (QED) is 0.727. The zero-order valence-corrected chi connectivity index (χ0v) is 9.32. The van der Waals surface area contributed by atoms with Crippen molar-refractivity contribution in [3.8, 4) is 6.01 Å². The highest BCUT2D eigenvalue weighted by atomic mass is 79.9. The third kappa shape index (κ3) is 1.26. The Morgan fingerprint density at radius 2 is 2.33 bits per heavy atom. The SMILES string of the molecule is O=c1c2cc(Br)ccc2nc2n1CCO2. The lowest BCUT2D eigenvalue weighted by Gasteiger charge is -2.02. The molecule has 0 atom stereocenters. The second-order valence-electron chi connectivity index (χ2n) is 3.36. The van der Waals surface area contributed by atoms with E-state index >= 15 is 0 Å². The fourth-order valence-corrected chi connectivity index (χ4v) is 2.07. The summed E-state index contributed by atoms with van der Waals surface area (Å²) in [5.41, 5.74) is 0.644. The molecule has 0 bridgehead atoms. The van der Waals surface area contributed by atoms with E-state index in [1.54, 1.807) is 10.6 Å². The molecule has 0 unspecified atom stereocenters. The molecule has 0 fully saturated rings. The molecule has 4 nitrogen and oxygen atoms in total. The molecule has 76 valence electrons. The van der Waals surface area contributed by atoms with E-state index in [0.29, 0.717) is 30.1 Å². The van der Waals surface area contributed by atoms with Crippen LogP contribution in [0.4, 0.5) is 0 Å². The maximum absolute atomic E-state index is 12.0. The summed E-state index contributed by atoms with van der Waals surface area (Å²) in [5, 5.41) is 0.624. The van der Waals surface area contributed by atoms with Gasteiger partial charge in [-0.05, 0) is 18.2 Å². The van der Waals surface area contributed by atoms with Gasteiger partial charge in [0.2, 0.25) is 0 Å². The number of hydrogen-bond acceptors (Lipinski definition) is 3. The van der Waals surface area contributed by atoms with Gasteiger partial charge in [0, 0.05) is 4.47 Å². The number of halogens is 1.